The van der Waals surface area contributed by atoms with E-state index in [1.807, 2.05) is 18.5 Å². The van der Waals surface area contributed by atoms with Crippen LogP contribution in [0.15, 0.2) is 0 Å². The molecule has 2 rings (SSSR count). The van der Waals surface area contributed by atoms with Gasteiger partial charge in [-0.05, 0) is 33.2 Å². The quantitative estimate of drug-likeness (QED) is 0.802. The van der Waals surface area contributed by atoms with Crippen molar-refractivity contribution in [3.63, 3.8) is 0 Å². The van der Waals surface area contributed by atoms with Gasteiger partial charge >= 0.3 is 5.97 Å². The molecule has 0 aliphatic carbocycles. The van der Waals surface area contributed by atoms with Crippen molar-refractivity contribution in [1.82, 2.24) is 14.7 Å². The van der Waals surface area contributed by atoms with Crippen LogP contribution in [0.4, 0.5) is 0 Å². The van der Waals surface area contributed by atoms with Crippen LogP contribution in [0.1, 0.15) is 29.8 Å². The fraction of sp³-hybridized carbons (Fsp3) is 0.714. The third-order valence-corrected chi connectivity index (χ3v) is 4.04. The zero-order chi connectivity index (χ0) is 14.7. The molecule has 0 radical (unpaired) electrons. The molecule has 20 heavy (non-hydrogen) atoms. The summed E-state index contributed by atoms with van der Waals surface area (Å²) in [6, 6.07) is -0.139. The van der Waals surface area contributed by atoms with Crippen LogP contribution in [0.3, 0.4) is 0 Å². The number of hydrogen-bond donors (Lipinski definition) is 1. The number of aliphatic hydroxyl groups is 1. The normalized spacial score (nSPS) is 19.5. The zero-order valence-corrected chi connectivity index (χ0v) is 12.4. The van der Waals surface area contributed by atoms with E-state index in [-0.39, 0.29) is 18.6 Å². The van der Waals surface area contributed by atoms with Crippen molar-refractivity contribution in [2.24, 2.45) is 0 Å². The number of nitrogens with zero attached hydrogens (tertiary/aromatic N) is 3. The Bertz CT molecular complexity index is 484. The van der Waals surface area contributed by atoms with Crippen LogP contribution in [0.25, 0.3) is 0 Å². The molecule has 1 aromatic rings. The third-order valence-electron chi connectivity index (χ3n) is 4.04. The lowest BCUT2D eigenvalue weighted by Gasteiger charge is -2.22. The monoisotopic (exact) mass is 281 g/mol. The molecule has 1 N–H and O–H groups in total. The van der Waals surface area contributed by atoms with Gasteiger partial charge in [0.2, 0.25) is 0 Å². The first-order valence-corrected chi connectivity index (χ1v) is 7.04. The van der Waals surface area contributed by atoms with Gasteiger partial charge in [-0.3, -0.25) is 14.4 Å². The Kier molecular flexibility index (Phi) is 4.77. The molecule has 0 saturated carbocycles. The first kappa shape index (κ1) is 15.0. The molecule has 1 atom stereocenters. The van der Waals surface area contributed by atoms with E-state index in [0.717, 1.165) is 36.3 Å². The summed E-state index contributed by atoms with van der Waals surface area (Å²) in [6.07, 6.45) is 1.87. The highest BCUT2D eigenvalue weighted by molar-refractivity contribution is 5.76. The van der Waals surface area contributed by atoms with Crippen molar-refractivity contribution < 1.29 is 14.6 Å². The number of hydrogen-bond acceptors (Lipinski definition) is 5. The number of esters is 1. The van der Waals surface area contributed by atoms with E-state index in [4.69, 9.17) is 9.84 Å². The van der Waals surface area contributed by atoms with Gasteiger partial charge in [-0.15, -0.1) is 0 Å². The fourth-order valence-electron chi connectivity index (χ4n) is 2.90. The molecular weight excluding hydrogens is 258 g/mol. The molecule has 0 amide bonds. The SMILES string of the molecule is COC(=O)C1CCCN1Cc1c(C)nn(CCO)c1C. The summed E-state index contributed by atoms with van der Waals surface area (Å²) in [5.41, 5.74) is 3.17. The highest BCUT2D eigenvalue weighted by Gasteiger charge is 2.32. The molecule has 6 heteroatoms. The Hall–Kier alpha value is -1.40. The van der Waals surface area contributed by atoms with Gasteiger partial charge in [0.1, 0.15) is 6.04 Å². The minimum Gasteiger partial charge on any atom is -0.468 e. The van der Waals surface area contributed by atoms with Crippen LogP contribution < -0.4 is 0 Å². The Morgan fingerprint density at radius 2 is 2.25 bits per heavy atom. The van der Waals surface area contributed by atoms with Crippen LogP contribution in [-0.4, -0.2) is 52.1 Å². The largest absolute Gasteiger partial charge is 0.468 e. The van der Waals surface area contributed by atoms with Crippen LogP contribution in [0.2, 0.25) is 0 Å². The molecule has 112 valence electrons. The number of methoxy groups -OCH3 is 1. The van der Waals surface area contributed by atoms with Crippen molar-refractivity contribution in [2.75, 3.05) is 20.3 Å². The summed E-state index contributed by atoms with van der Waals surface area (Å²) in [6.45, 7) is 6.18. The minimum absolute atomic E-state index is 0.0793. The van der Waals surface area contributed by atoms with E-state index < -0.39 is 0 Å². The molecule has 0 bridgehead atoms. The van der Waals surface area contributed by atoms with Gasteiger partial charge in [-0.1, -0.05) is 0 Å². The molecule has 1 saturated heterocycles. The number of aryl methyl sites for hydroxylation is 1. The molecule has 1 aliphatic rings. The lowest BCUT2D eigenvalue weighted by molar-refractivity contribution is -0.146. The first-order valence-electron chi connectivity index (χ1n) is 7.04. The van der Waals surface area contributed by atoms with Gasteiger partial charge in [-0.25, -0.2) is 0 Å². The number of rotatable bonds is 5. The third kappa shape index (κ3) is 2.86. The molecule has 2 heterocycles. The Morgan fingerprint density at radius 3 is 2.90 bits per heavy atom. The molecule has 1 fully saturated rings. The first-order chi connectivity index (χ1) is 9.58. The van der Waals surface area contributed by atoms with Gasteiger partial charge in [0.15, 0.2) is 0 Å². The lowest BCUT2D eigenvalue weighted by Crippen LogP contribution is -2.36. The Morgan fingerprint density at radius 1 is 1.50 bits per heavy atom. The predicted molar refractivity (Wildman–Crippen MR) is 74.2 cm³/mol. The highest BCUT2D eigenvalue weighted by Crippen LogP contribution is 2.23. The van der Waals surface area contributed by atoms with Crippen molar-refractivity contribution in [3.8, 4) is 0 Å². The summed E-state index contributed by atoms with van der Waals surface area (Å²) in [5, 5.41) is 13.5. The summed E-state index contributed by atoms with van der Waals surface area (Å²) in [4.78, 5) is 13.9. The molecular formula is C14H23N3O3. The topological polar surface area (TPSA) is 67.6 Å². The summed E-state index contributed by atoms with van der Waals surface area (Å²) in [7, 11) is 1.44. The number of carbonyl (C=O) groups is 1. The molecule has 1 aliphatic heterocycles. The van der Waals surface area contributed by atoms with Gasteiger partial charge < -0.3 is 9.84 Å². The molecule has 1 aromatic heterocycles. The number of aliphatic hydroxyl groups excluding tert-OH is 1. The van der Waals surface area contributed by atoms with E-state index in [9.17, 15) is 4.79 Å². The highest BCUT2D eigenvalue weighted by atomic mass is 16.5. The maximum atomic E-state index is 11.8. The fourth-order valence-corrected chi connectivity index (χ4v) is 2.90. The molecule has 0 aromatic carbocycles. The van der Waals surface area contributed by atoms with Crippen molar-refractivity contribution >= 4 is 5.97 Å². The number of ether oxygens (including phenoxy) is 1. The van der Waals surface area contributed by atoms with E-state index >= 15 is 0 Å². The smallest absolute Gasteiger partial charge is 0.323 e. The molecule has 0 spiro atoms. The van der Waals surface area contributed by atoms with Gasteiger partial charge in [-0.2, -0.15) is 5.10 Å². The number of likely N-dealkylation sites (tertiary alicyclic amines) is 1. The molecule has 1 unspecified atom stereocenters. The Labute approximate surface area is 119 Å². The Balaban J connectivity index is 2.15. The maximum Gasteiger partial charge on any atom is 0.323 e. The van der Waals surface area contributed by atoms with E-state index in [1.54, 1.807) is 0 Å². The summed E-state index contributed by atoms with van der Waals surface area (Å²) >= 11 is 0. The van der Waals surface area contributed by atoms with Crippen molar-refractivity contribution in [1.29, 1.82) is 0 Å². The standard InChI is InChI=1S/C14H23N3O3/c1-10-12(11(2)17(15-10)7-8-18)9-16-6-4-5-13(16)14(19)20-3/h13,18H,4-9H2,1-3H3. The second-order valence-corrected chi connectivity index (χ2v) is 5.25. The van der Waals surface area contributed by atoms with Crippen LogP contribution >= 0.6 is 0 Å². The van der Waals surface area contributed by atoms with Crippen molar-refractivity contribution in [3.05, 3.63) is 17.0 Å². The minimum atomic E-state index is -0.152. The van der Waals surface area contributed by atoms with Crippen LogP contribution in [0.5, 0.6) is 0 Å². The summed E-state index contributed by atoms with van der Waals surface area (Å²) in [5.74, 6) is -0.152. The van der Waals surface area contributed by atoms with Crippen LogP contribution in [0, 0.1) is 13.8 Å². The maximum absolute atomic E-state index is 11.8. The van der Waals surface area contributed by atoms with Crippen molar-refractivity contribution in [2.45, 2.75) is 45.8 Å². The van der Waals surface area contributed by atoms with Gasteiger partial charge in [0, 0.05) is 17.8 Å². The second-order valence-electron chi connectivity index (χ2n) is 5.25. The van der Waals surface area contributed by atoms with E-state index in [2.05, 4.69) is 10.00 Å². The predicted octanol–water partition coefficient (Wildman–Crippen LogP) is 0.630. The van der Waals surface area contributed by atoms with Gasteiger partial charge in [0.05, 0.1) is 26.0 Å². The van der Waals surface area contributed by atoms with E-state index in [0.29, 0.717) is 13.1 Å². The lowest BCUT2D eigenvalue weighted by atomic mass is 10.1. The second kappa shape index (κ2) is 6.37. The average Bonchev–Trinajstić information content (AvgIpc) is 2.99. The zero-order valence-electron chi connectivity index (χ0n) is 12.4. The summed E-state index contributed by atoms with van der Waals surface area (Å²) < 4.78 is 6.70. The van der Waals surface area contributed by atoms with Crippen LogP contribution in [-0.2, 0) is 22.6 Å². The number of carbonyl (C=O) groups excluding carboxylic acids is 1. The number of aromatic nitrogens is 2. The van der Waals surface area contributed by atoms with Gasteiger partial charge in [0.25, 0.3) is 0 Å². The molecule has 6 nitrogen and oxygen atoms in total. The average molecular weight is 281 g/mol. The van der Waals surface area contributed by atoms with E-state index in [1.165, 1.54) is 7.11 Å².